The van der Waals surface area contributed by atoms with E-state index in [0.717, 1.165) is 6.17 Å². The van der Waals surface area contributed by atoms with Gasteiger partial charge in [0.25, 0.3) is 0 Å². The van der Waals surface area contributed by atoms with Gasteiger partial charge in [0.15, 0.2) is 0 Å². The molecule has 0 aliphatic rings. The van der Waals surface area contributed by atoms with Gasteiger partial charge in [-0.05, 0) is 20.4 Å². The second-order valence-electron chi connectivity index (χ2n) is 2.63. The van der Waals surface area contributed by atoms with Crippen LogP contribution in [0.1, 0.15) is 13.8 Å². The SMILES string of the molecule is CCO[Si](C)(CNCN)OCC. The molecule has 0 rings (SSSR count). The van der Waals surface area contributed by atoms with Gasteiger partial charge >= 0.3 is 8.56 Å². The molecule has 5 heteroatoms. The van der Waals surface area contributed by atoms with Gasteiger partial charge in [-0.3, -0.25) is 0 Å². The molecule has 4 nitrogen and oxygen atoms in total. The Bertz CT molecular complexity index is 108. The predicted octanol–water partition coefficient (Wildman–Crippen LogP) is 0.176. The lowest BCUT2D eigenvalue weighted by Gasteiger charge is -2.25. The Balaban J connectivity index is 3.80. The average Bonchev–Trinajstić information content (AvgIpc) is 2.02. The van der Waals surface area contributed by atoms with E-state index in [9.17, 15) is 0 Å². The van der Waals surface area contributed by atoms with Crippen molar-refractivity contribution in [2.75, 3.05) is 26.1 Å². The van der Waals surface area contributed by atoms with E-state index in [-0.39, 0.29) is 0 Å². The van der Waals surface area contributed by atoms with E-state index in [4.69, 9.17) is 14.6 Å². The molecule has 0 spiro atoms. The van der Waals surface area contributed by atoms with E-state index in [2.05, 4.69) is 5.32 Å². The number of nitrogens with two attached hydrogens (primary N) is 1. The van der Waals surface area contributed by atoms with Crippen molar-refractivity contribution < 1.29 is 8.85 Å². The van der Waals surface area contributed by atoms with Crippen LogP contribution in [0.15, 0.2) is 0 Å². The third-order valence-electron chi connectivity index (χ3n) is 1.49. The summed E-state index contributed by atoms with van der Waals surface area (Å²) < 4.78 is 11.1. The quantitative estimate of drug-likeness (QED) is 0.446. The maximum absolute atomic E-state index is 5.57. The lowest BCUT2D eigenvalue weighted by molar-refractivity contribution is 0.187. The van der Waals surface area contributed by atoms with Gasteiger partial charge in [0.05, 0.1) is 0 Å². The highest BCUT2D eigenvalue weighted by molar-refractivity contribution is 6.66. The second-order valence-corrected chi connectivity index (χ2v) is 5.83. The lowest BCUT2D eigenvalue weighted by atomic mass is 10.9. The Kier molecular flexibility index (Phi) is 6.59. The van der Waals surface area contributed by atoms with Gasteiger partial charge in [-0.2, -0.15) is 0 Å². The molecule has 0 heterocycles. The molecule has 0 unspecified atom stereocenters. The summed E-state index contributed by atoms with van der Waals surface area (Å²) in [4.78, 5) is 0. The fourth-order valence-electron chi connectivity index (χ4n) is 1.05. The van der Waals surface area contributed by atoms with Gasteiger partial charge in [0.2, 0.25) is 0 Å². The standard InChI is InChI=1S/C7H20N2O2Si/c1-4-10-12(3,11-5-2)7-9-6-8/h9H,4-8H2,1-3H3. The molecule has 74 valence electrons. The Morgan fingerprint density at radius 2 is 1.75 bits per heavy atom. The first kappa shape index (κ1) is 12.1. The minimum atomic E-state index is -1.96. The number of rotatable bonds is 7. The normalized spacial score (nSPS) is 12.0. The Hall–Kier alpha value is 0.0569. The summed E-state index contributed by atoms with van der Waals surface area (Å²) in [6, 6.07) is 0. The fourth-order valence-corrected chi connectivity index (χ4v) is 3.16. The third kappa shape index (κ3) is 4.84. The van der Waals surface area contributed by atoms with Crippen LogP contribution in [0, 0.1) is 0 Å². The van der Waals surface area contributed by atoms with Crippen LogP contribution < -0.4 is 11.1 Å². The van der Waals surface area contributed by atoms with Gasteiger partial charge in [-0.15, -0.1) is 0 Å². The summed E-state index contributed by atoms with van der Waals surface area (Å²) in [5.41, 5.74) is 5.33. The molecule has 0 radical (unpaired) electrons. The molecule has 0 atom stereocenters. The van der Waals surface area contributed by atoms with Crippen molar-refractivity contribution >= 4 is 8.56 Å². The van der Waals surface area contributed by atoms with Gasteiger partial charge in [0, 0.05) is 26.1 Å². The highest BCUT2D eigenvalue weighted by Gasteiger charge is 2.29. The topological polar surface area (TPSA) is 56.5 Å². The van der Waals surface area contributed by atoms with E-state index < -0.39 is 8.56 Å². The molecular weight excluding hydrogens is 172 g/mol. The van der Waals surface area contributed by atoms with Crippen LogP contribution in [-0.4, -0.2) is 34.6 Å². The molecule has 0 aliphatic heterocycles. The molecule has 0 bridgehead atoms. The van der Waals surface area contributed by atoms with Crippen LogP contribution in [-0.2, 0) is 8.85 Å². The molecule has 0 fully saturated rings. The molecular formula is C7H20N2O2Si. The van der Waals surface area contributed by atoms with Crippen LogP contribution in [0.25, 0.3) is 0 Å². The molecule has 0 aromatic rings. The monoisotopic (exact) mass is 192 g/mol. The largest absolute Gasteiger partial charge is 0.394 e. The smallest absolute Gasteiger partial charge is 0.349 e. The zero-order chi connectivity index (χ0) is 9.45. The van der Waals surface area contributed by atoms with Gasteiger partial charge < -0.3 is 19.9 Å². The Morgan fingerprint density at radius 1 is 1.25 bits per heavy atom. The molecule has 3 N–H and O–H groups in total. The Morgan fingerprint density at radius 3 is 2.08 bits per heavy atom. The van der Waals surface area contributed by atoms with Crippen molar-refractivity contribution in [3.63, 3.8) is 0 Å². The van der Waals surface area contributed by atoms with Crippen LogP contribution in [0.5, 0.6) is 0 Å². The van der Waals surface area contributed by atoms with E-state index in [1.165, 1.54) is 0 Å². The zero-order valence-corrected chi connectivity index (χ0v) is 9.22. The minimum Gasteiger partial charge on any atom is -0.394 e. The minimum absolute atomic E-state index is 0.475. The van der Waals surface area contributed by atoms with Gasteiger partial charge in [0.1, 0.15) is 0 Å². The van der Waals surface area contributed by atoms with Crippen molar-refractivity contribution in [1.29, 1.82) is 0 Å². The van der Waals surface area contributed by atoms with E-state index in [0.29, 0.717) is 19.9 Å². The van der Waals surface area contributed by atoms with Gasteiger partial charge in [-0.1, -0.05) is 0 Å². The van der Waals surface area contributed by atoms with Gasteiger partial charge in [-0.25, -0.2) is 0 Å². The van der Waals surface area contributed by atoms with Crippen molar-refractivity contribution in [3.8, 4) is 0 Å². The first-order valence-electron chi connectivity index (χ1n) is 4.37. The molecule has 0 saturated carbocycles. The van der Waals surface area contributed by atoms with Crippen molar-refractivity contribution in [3.05, 3.63) is 0 Å². The van der Waals surface area contributed by atoms with E-state index >= 15 is 0 Å². The molecule has 0 aromatic carbocycles. The summed E-state index contributed by atoms with van der Waals surface area (Å²) >= 11 is 0. The maximum atomic E-state index is 5.57. The van der Waals surface area contributed by atoms with Crippen LogP contribution in [0.3, 0.4) is 0 Å². The second kappa shape index (κ2) is 6.56. The maximum Gasteiger partial charge on any atom is 0.349 e. The number of nitrogens with one attached hydrogen (secondary N) is 1. The zero-order valence-electron chi connectivity index (χ0n) is 8.22. The fraction of sp³-hybridized carbons (Fsp3) is 1.00. The highest BCUT2D eigenvalue weighted by Crippen LogP contribution is 2.04. The first-order valence-corrected chi connectivity index (χ1v) is 6.89. The summed E-state index contributed by atoms with van der Waals surface area (Å²) in [5.74, 6) is 0. The van der Waals surface area contributed by atoms with Crippen LogP contribution in [0.4, 0.5) is 0 Å². The number of hydrogen-bond acceptors (Lipinski definition) is 4. The molecule has 12 heavy (non-hydrogen) atoms. The van der Waals surface area contributed by atoms with E-state index in [1.54, 1.807) is 0 Å². The average molecular weight is 192 g/mol. The van der Waals surface area contributed by atoms with Crippen LogP contribution >= 0.6 is 0 Å². The van der Waals surface area contributed by atoms with Crippen molar-refractivity contribution in [2.24, 2.45) is 5.73 Å². The summed E-state index contributed by atoms with van der Waals surface area (Å²) in [6.07, 6.45) is 0.755. The Labute approximate surface area is 75.7 Å². The summed E-state index contributed by atoms with van der Waals surface area (Å²) in [7, 11) is -1.96. The first-order chi connectivity index (χ1) is 5.68. The van der Waals surface area contributed by atoms with Crippen LogP contribution in [0.2, 0.25) is 6.55 Å². The highest BCUT2D eigenvalue weighted by atomic mass is 28.4. The van der Waals surface area contributed by atoms with E-state index in [1.807, 2.05) is 20.4 Å². The molecule has 0 aliphatic carbocycles. The van der Waals surface area contributed by atoms with Crippen molar-refractivity contribution in [1.82, 2.24) is 5.32 Å². The molecule has 0 aromatic heterocycles. The number of hydrogen-bond donors (Lipinski definition) is 2. The third-order valence-corrected chi connectivity index (χ3v) is 4.18. The molecule has 0 amide bonds. The predicted molar refractivity (Wildman–Crippen MR) is 51.9 cm³/mol. The summed E-state index contributed by atoms with van der Waals surface area (Å²) in [5, 5.41) is 3.05. The molecule has 0 saturated heterocycles. The summed E-state index contributed by atoms with van der Waals surface area (Å²) in [6.45, 7) is 7.88. The van der Waals surface area contributed by atoms with Crippen molar-refractivity contribution in [2.45, 2.75) is 20.4 Å². The lowest BCUT2D eigenvalue weighted by Crippen LogP contribution is -2.49.